The average molecular weight is 310 g/mol. The van der Waals surface area contributed by atoms with Crippen molar-refractivity contribution in [2.24, 2.45) is 0 Å². The number of nitrogens with one attached hydrogen (secondary N) is 1. The fraction of sp³-hybridized carbons (Fsp3) is 0.0769. The summed E-state index contributed by atoms with van der Waals surface area (Å²) < 4.78 is 40.3. The summed E-state index contributed by atoms with van der Waals surface area (Å²) >= 11 is 0. The number of carboxylic acid groups (broad SMARTS) is 1. The van der Waals surface area contributed by atoms with Crippen LogP contribution in [-0.2, 0) is 10.0 Å². The second-order valence-electron chi connectivity index (χ2n) is 4.25. The number of hydrogen-bond donors (Lipinski definition) is 2. The normalized spacial score (nSPS) is 11.1. The van der Waals surface area contributed by atoms with Crippen molar-refractivity contribution < 1.29 is 22.7 Å². The van der Waals surface area contributed by atoms with Crippen LogP contribution in [0.25, 0.3) is 0 Å². The fourth-order valence-electron chi connectivity index (χ4n) is 1.63. The Morgan fingerprint density at radius 3 is 2.67 bits per heavy atom. The molecule has 0 aliphatic carbocycles. The van der Waals surface area contributed by atoms with E-state index in [-0.39, 0.29) is 11.3 Å². The third kappa shape index (κ3) is 3.16. The van der Waals surface area contributed by atoms with Gasteiger partial charge in [-0.3, -0.25) is 9.71 Å². The molecule has 0 unspecified atom stereocenters. The Morgan fingerprint density at radius 2 is 2.05 bits per heavy atom. The number of anilines is 1. The zero-order valence-electron chi connectivity index (χ0n) is 10.9. The van der Waals surface area contributed by atoms with Crippen molar-refractivity contribution in [1.82, 2.24) is 4.98 Å². The Labute approximate surface area is 120 Å². The van der Waals surface area contributed by atoms with Crippen LogP contribution in [0.5, 0.6) is 0 Å². The number of aryl methyl sites for hydroxylation is 1. The number of carbonyl (C=O) groups is 1. The summed E-state index contributed by atoms with van der Waals surface area (Å²) in [6.45, 7) is 1.63. The number of halogens is 1. The summed E-state index contributed by atoms with van der Waals surface area (Å²) in [6.07, 6.45) is 2.83. The van der Waals surface area contributed by atoms with Crippen molar-refractivity contribution in [2.75, 3.05) is 4.72 Å². The van der Waals surface area contributed by atoms with Gasteiger partial charge in [-0.15, -0.1) is 0 Å². The first kappa shape index (κ1) is 14.9. The Kier molecular flexibility index (Phi) is 3.90. The first-order chi connectivity index (χ1) is 9.81. The van der Waals surface area contributed by atoms with Gasteiger partial charge in [-0.1, -0.05) is 0 Å². The Balaban J connectivity index is 2.47. The predicted octanol–water partition coefficient (Wildman–Crippen LogP) is 2.03. The minimum Gasteiger partial charge on any atom is -0.478 e. The minimum absolute atomic E-state index is 0.241. The molecule has 0 radical (unpaired) electrons. The molecule has 8 heteroatoms. The average Bonchev–Trinajstić information content (AvgIpc) is 2.41. The first-order valence-electron chi connectivity index (χ1n) is 5.77. The van der Waals surface area contributed by atoms with Crippen LogP contribution >= 0.6 is 0 Å². The molecule has 0 atom stereocenters. The maximum Gasteiger partial charge on any atom is 0.335 e. The van der Waals surface area contributed by atoms with E-state index in [4.69, 9.17) is 5.11 Å². The van der Waals surface area contributed by atoms with E-state index < -0.39 is 26.7 Å². The van der Waals surface area contributed by atoms with E-state index in [1.807, 2.05) is 0 Å². The predicted molar refractivity (Wildman–Crippen MR) is 73.1 cm³/mol. The molecule has 0 saturated heterocycles. The van der Waals surface area contributed by atoms with Gasteiger partial charge < -0.3 is 5.11 Å². The number of rotatable bonds is 4. The number of aromatic nitrogens is 1. The molecular weight excluding hydrogens is 299 g/mol. The summed E-state index contributed by atoms with van der Waals surface area (Å²) in [5.41, 5.74) is 0.476. The molecule has 6 nitrogen and oxygen atoms in total. The fourth-order valence-corrected chi connectivity index (χ4v) is 2.87. The molecule has 0 aliphatic rings. The van der Waals surface area contributed by atoms with Crippen LogP contribution in [0.1, 0.15) is 15.9 Å². The SMILES string of the molecule is Cc1cnccc1NS(=O)(=O)c1cc(C(=O)O)ccc1F. The van der Waals surface area contributed by atoms with Crippen LogP contribution in [0.15, 0.2) is 41.6 Å². The van der Waals surface area contributed by atoms with E-state index in [0.717, 1.165) is 18.2 Å². The molecule has 1 aromatic heterocycles. The summed E-state index contributed by atoms with van der Waals surface area (Å²) in [5.74, 6) is -2.37. The second-order valence-corrected chi connectivity index (χ2v) is 5.90. The van der Waals surface area contributed by atoms with E-state index in [9.17, 15) is 17.6 Å². The molecule has 1 heterocycles. The number of pyridine rings is 1. The molecule has 2 N–H and O–H groups in total. The zero-order valence-corrected chi connectivity index (χ0v) is 11.7. The topological polar surface area (TPSA) is 96.4 Å². The van der Waals surface area contributed by atoms with Crippen molar-refractivity contribution in [3.8, 4) is 0 Å². The summed E-state index contributed by atoms with van der Waals surface area (Å²) in [5, 5.41) is 8.85. The first-order valence-corrected chi connectivity index (χ1v) is 7.26. The highest BCUT2D eigenvalue weighted by Crippen LogP contribution is 2.21. The van der Waals surface area contributed by atoms with E-state index in [1.165, 1.54) is 18.5 Å². The second kappa shape index (κ2) is 5.49. The standard InChI is InChI=1S/C13H11FN2O4S/c1-8-7-15-5-4-11(8)16-21(19,20)12-6-9(13(17)18)2-3-10(12)14/h2-7H,1H3,(H,15,16)(H,17,18). The van der Waals surface area contributed by atoms with Crippen LogP contribution in [0.4, 0.5) is 10.1 Å². The Bertz CT molecular complexity index is 806. The van der Waals surface area contributed by atoms with E-state index >= 15 is 0 Å². The summed E-state index contributed by atoms with van der Waals surface area (Å²) in [4.78, 5) is 14.0. The maximum absolute atomic E-state index is 13.7. The van der Waals surface area contributed by atoms with Gasteiger partial charge in [0.1, 0.15) is 10.7 Å². The number of nitrogens with zero attached hydrogens (tertiary/aromatic N) is 1. The Morgan fingerprint density at radius 1 is 1.33 bits per heavy atom. The lowest BCUT2D eigenvalue weighted by Crippen LogP contribution is -2.16. The van der Waals surface area contributed by atoms with E-state index in [0.29, 0.717) is 5.56 Å². The van der Waals surface area contributed by atoms with Gasteiger partial charge in [0.05, 0.1) is 11.3 Å². The number of carboxylic acids is 1. The minimum atomic E-state index is -4.24. The number of benzene rings is 1. The highest BCUT2D eigenvalue weighted by atomic mass is 32.2. The smallest absolute Gasteiger partial charge is 0.335 e. The van der Waals surface area contributed by atoms with Gasteiger partial charge in [-0.2, -0.15) is 0 Å². The zero-order chi connectivity index (χ0) is 15.6. The molecule has 110 valence electrons. The molecule has 0 spiro atoms. The van der Waals surface area contributed by atoms with Crippen molar-refractivity contribution in [2.45, 2.75) is 11.8 Å². The lowest BCUT2D eigenvalue weighted by atomic mass is 10.2. The van der Waals surface area contributed by atoms with Gasteiger partial charge in [0.25, 0.3) is 10.0 Å². The number of aromatic carboxylic acids is 1. The van der Waals surface area contributed by atoms with Crippen LogP contribution in [0.3, 0.4) is 0 Å². The monoisotopic (exact) mass is 310 g/mol. The number of hydrogen-bond acceptors (Lipinski definition) is 4. The van der Waals surface area contributed by atoms with Gasteiger partial charge in [0, 0.05) is 12.4 Å². The van der Waals surface area contributed by atoms with Gasteiger partial charge >= 0.3 is 5.97 Å². The maximum atomic E-state index is 13.7. The summed E-state index contributed by atoms with van der Waals surface area (Å²) in [6, 6.07) is 3.99. The van der Waals surface area contributed by atoms with Crippen LogP contribution in [0.2, 0.25) is 0 Å². The molecule has 0 amide bonds. The van der Waals surface area contributed by atoms with Crippen LogP contribution < -0.4 is 4.72 Å². The molecule has 2 rings (SSSR count). The molecule has 0 aliphatic heterocycles. The highest BCUT2D eigenvalue weighted by Gasteiger charge is 2.21. The highest BCUT2D eigenvalue weighted by molar-refractivity contribution is 7.92. The van der Waals surface area contributed by atoms with Crippen molar-refractivity contribution in [3.05, 3.63) is 53.6 Å². The number of sulfonamides is 1. The Hall–Kier alpha value is -2.48. The lowest BCUT2D eigenvalue weighted by Gasteiger charge is -2.11. The van der Waals surface area contributed by atoms with Crippen molar-refractivity contribution in [1.29, 1.82) is 0 Å². The van der Waals surface area contributed by atoms with Gasteiger partial charge in [0.2, 0.25) is 0 Å². The van der Waals surface area contributed by atoms with E-state index in [2.05, 4.69) is 9.71 Å². The van der Waals surface area contributed by atoms with E-state index in [1.54, 1.807) is 6.92 Å². The molecule has 1 aromatic carbocycles. The molecule has 0 saturated carbocycles. The molecule has 0 fully saturated rings. The van der Waals surface area contributed by atoms with Crippen molar-refractivity contribution >= 4 is 21.7 Å². The quantitative estimate of drug-likeness (QED) is 0.900. The lowest BCUT2D eigenvalue weighted by molar-refractivity contribution is 0.0696. The third-order valence-electron chi connectivity index (χ3n) is 2.73. The van der Waals surface area contributed by atoms with Crippen LogP contribution in [0, 0.1) is 12.7 Å². The van der Waals surface area contributed by atoms with Gasteiger partial charge in [-0.05, 0) is 36.8 Å². The largest absolute Gasteiger partial charge is 0.478 e. The van der Waals surface area contributed by atoms with Crippen molar-refractivity contribution in [3.63, 3.8) is 0 Å². The molecular formula is C13H11FN2O4S. The third-order valence-corrected chi connectivity index (χ3v) is 4.11. The van der Waals surface area contributed by atoms with Crippen LogP contribution in [-0.4, -0.2) is 24.5 Å². The summed E-state index contributed by atoms with van der Waals surface area (Å²) in [7, 11) is -4.24. The molecule has 0 bridgehead atoms. The van der Waals surface area contributed by atoms with Gasteiger partial charge in [-0.25, -0.2) is 17.6 Å². The molecule has 2 aromatic rings. The molecule has 21 heavy (non-hydrogen) atoms. The van der Waals surface area contributed by atoms with Gasteiger partial charge in [0.15, 0.2) is 0 Å².